The summed E-state index contributed by atoms with van der Waals surface area (Å²) >= 11 is 0. The van der Waals surface area contributed by atoms with Gasteiger partial charge in [-0.2, -0.15) is 0 Å². The molecular formula is C32H39N3O5. The molecule has 1 saturated heterocycles. The third-order valence-electron chi connectivity index (χ3n) is 7.60. The van der Waals surface area contributed by atoms with E-state index in [2.05, 4.69) is 36.9 Å². The molecule has 1 aromatic heterocycles. The Balaban J connectivity index is 1.71. The Kier molecular flexibility index (Phi) is 9.42. The number of ether oxygens (including phenoxy) is 2. The highest BCUT2D eigenvalue weighted by Crippen LogP contribution is 2.37. The number of rotatable bonds is 10. The molecule has 0 radical (unpaired) electrons. The third-order valence-corrected chi connectivity index (χ3v) is 7.60. The summed E-state index contributed by atoms with van der Waals surface area (Å²) in [7, 11) is 0. The van der Waals surface area contributed by atoms with Crippen LogP contribution in [-0.2, 0) is 28.9 Å². The number of piperidine rings is 1. The van der Waals surface area contributed by atoms with Crippen LogP contribution in [0.5, 0.6) is 17.2 Å². The molecule has 1 fully saturated rings. The van der Waals surface area contributed by atoms with Crippen molar-refractivity contribution in [1.82, 2.24) is 9.88 Å². The van der Waals surface area contributed by atoms with Gasteiger partial charge in [-0.1, -0.05) is 32.0 Å². The van der Waals surface area contributed by atoms with E-state index in [-0.39, 0.29) is 23.2 Å². The van der Waals surface area contributed by atoms with Crippen LogP contribution in [0.15, 0.2) is 42.5 Å². The summed E-state index contributed by atoms with van der Waals surface area (Å²) in [5.74, 6) is -0.105. The molecule has 1 amide bonds. The van der Waals surface area contributed by atoms with Gasteiger partial charge in [0.15, 0.2) is 0 Å². The molecule has 2 aromatic carbocycles. The lowest BCUT2D eigenvalue weighted by atomic mass is 9.93. The average molecular weight is 546 g/mol. The van der Waals surface area contributed by atoms with E-state index < -0.39 is 5.91 Å². The molecule has 0 aliphatic carbocycles. The number of aromatic nitrogens is 1. The summed E-state index contributed by atoms with van der Waals surface area (Å²) in [6.45, 7) is 10.6. The minimum absolute atomic E-state index is 0.0353. The Labute approximate surface area is 236 Å². The second-order valence-corrected chi connectivity index (χ2v) is 10.2. The lowest BCUT2D eigenvalue weighted by Gasteiger charge is -2.31. The maximum atomic E-state index is 12.2. The number of nitrogens with zero attached hydrogens (tertiary/aromatic N) is 2. The minimum atomic E-state index is -0.707. The first-order chi connectivity index (χ1) is 19.2. The van der Waals surface area contributed by atoms with E-state index in [1.54, 1.807) is 6.07 Å². The van der Waals surface area contributed by atoms with Crippen molar-refractivity contribution in [2.75, 3.05) is 19.7 Å². The molecule has 0 spiro atoms. The lowest BCUT2D eigenvalue weighted by molar-refractivity contribution is -0.149. The van der Waals surface area contributed by atoms with Crippen LogP contribution in [0.4, 0.5) is 0 Å². The second kappa shape index (κ2) is 13.0. The normalized spacial score (nSPS) is 14.2. The van der Waals surface area contributed by atoms with Gasteiger partial charge >= 0.3 is 5.97 Å². The van der Waals surface area contributed by atoms with Crippen LogP contribution >= 0.6 is 0 Å². The fourth-order valence-electron chi connectivity index (χ4n) is 5.37. The Hall–Kier alpha value is -3.91. The van der Waals surface area contributed by atoms with E-state index >= 15 is 0 Å². The third kappa shape index (κ3) is 6.45. The molecule has 0 bridgehead atoms. The number of amides is 1. The van der Waals surface area contributed by atoms with E-state index in [9.17, 15) is 14.7 Å². The summed E-state index contributed by atoms with van der Waals surface area (Å²) in [5, 5.41) is 10.4. The van der Waals surface area contributed by atoms with Crippen LogP contribution in [0.2, 0.25) is 0 Å². The number of benzene rings is 2. The topological polar surface area (TPSA) is 115 Å². The zero-order chi connectivity index (χ0) is 28.8. The number of aryl methyl sites for hydroxylation is 3. The average Bonchev–Trinajstić information content (AvgIpc) is 2.94. The van der Waals surface area contributed by atoms with Gasteiger partial charge in [0, 0.05) is 35.5 Å². The molecule has 8 nitrogen and oxygen atoms in total. The first-order valence-electron chi connectivity index (χ1n) is 14.1. The number of likely N-dealkylation sites (tertiary alicyclic amines) is 1. The van der Waals surface area contributed by atoms with Crippen LogP contribution in [0.25, 0.3) is 11.3 Å². The van der Waals surface area contributed by atoms with Gasteiger partial charge in [0.1, 0.15) is 17.2 Å². The van der Waals surface area contributed by atoms with Crippen molar-refractivity contribution in [3.63, 3.8) is 0 Å². The lowest BCUT2D eigenvalue weighted by Crippen LogP contribution is -2.36. The molecule has 3 aromatic rings. The number of hydrogen-bond acceptors (Lipinski definition) is 7. The number of hydrogen-bond donors (Lipinski definition) is 2. The largest absolute Gasteiger partial charge is 0.507 e. The van der Waals surface area contributed by atoms with Crippen molar-refractivity contribution in [2.24, 2.45) is 11.7 Å². The maximum absolute atomic E-state index is 12.2. The van der Waals surface area contributed by atoms with Crippen molar-refractivity contribution < 1.29 is 24.2 Å². The molecule has 8 heteroatoms. The zero-order valence-corrected chi connectivity index (χ0v) is 23.8. The van der Waals surface area contributed by atoms with Crippen LogP contribution in [0.3, 0.4) is 0 Å². The van der Waals surface area contributed by atoms with Crippen molar-refractivity contribution in [3.05, 3.63) is 70.4 Å². The van der Waals surface area contributed by atoms with Crippen molar-refractivity contribution >= 4 is 11.9 Å². The van der Waals surface area contributed by atoms with Crippen LogP contribution in [0, 0.1) is 12.8 Å². The fourth-order valence-corrected chi connectivity index (χ4v) is 5.37. The number of carbonyl (C=O) groups excluding carboxylic acids is 2. The summed E-state index contributed by atoms with van der Waals surface area (Å²) in [6, 6.07) is 12.8. The number of pyridine rings is 1. The zero-order valence-electron chi connectivity index (χ0n) is 23.8. The molecule has 0 saturated carbocycles. The molecular weight excluding hydrogens is 506 g/mol. The Bertz CT molecular complexity index is 1360. The Morgan fingerprint density at radius 3 is 2.30 bits per heavy atom. The molecule has 212 valence electrons. The number of nitrogens with two attached hydrogens (primary N) is 1. The van der Waals surface area contributed by atoms with Gasteiger partial charge in [0.2, 0.25) is 0 Å². The number of esters is 1. The van der Waals surface area contributed by atoms with Gasteiger partial charge in [-0.3, -0.25) is 19.5 Å². The van der Waals surface area contributed by atoms with Gasteiger partial charge < -0.3 is 20.3 Å². The molecule has 1 aliphatic heterocycles. The first kappa shape index (κ1) is 29.1. The molecule has 1 aliphatic rings. The Morgan fingerprint density at radius 1 is 1.05 bits per heavy atom. The standard InChI is InChI=1S/C32H39N3O5/c1-5-21-9-8-10-22(6-2)30(21)27-18-29(40-24-11-12-25(31(33)37)28(36)17-24)26(20(4)34-27)19-35-15-13-23(14-16-35)32(38)39-7-3/h8-12,17-18,23,36H,5-7,13-16,19H2,1-4H3,(H2,33,37). The molecule has 40 heavy (non-hydrogen) atoms. The van der Waals surface area contributed by atoms with E-state index in [1.165, 1.54) is 23.3 Å². The van der Waals surface area contributed by atoms with Crippen molar-refractivity contribution in [3.8, 4) is 28.5 Å². The summed E-state index contributed by atoms with van der Waals surface area (Å²) in [6.07, 6.45) is 3.23. The first-order valence-corrected chi connectivity index (χ1v) is 14.1. The molecule has 2 heterocycles. The van der Waals surface area contributed by atoms with Gasteiger partial charge in [-0.15, -0.1) is 0 Å². The van der Waals surface area contributed by atoms with Crippen LogP contribution in [0.1, 0.15) is 66.4 Å². The smallest absolute Gasteiger partial charge is 0.309 e. The van der Waals surface area contributed by atoms with Gasteiger partial charge in [0.05, 0.1) is 23.8 Å². The summed E-state index contributed by atoms with van der Waals surface area (Å²) in [5.41, 5.74) is 11.6. The fraction of sp³-hybridized carbons (Fsp3) is 0.406. The number of aromatic hydroxyl groups is 1. The Morgan fingerprint density at radius 2 is 1.73 bits per heavy atom. The van der Waals surface area contributed by atoms with Crippen LogP contribution < -0.4 is 10.5 Å². The monoisotopic (exact) mass is 545 g/mol. The van der Waals surface area contributed by atoms with Crippen molar-refractivity contribution in [2.45, 2.75) is 59.9 Å². The minimum Gasteiger partial charge on any atom is -0.507 e. The predicted molar refractivity (Wildman–Crippen MR) is 154 cm³/mol. The van der Waals surface area contributed by atoms with E-state index in [4.69, 9.17) is 20.2 Å². The highest BCUT2D eigenvalue weighted by Gasteiger charge is 2.27. The maximum Gasteiger partial charge on any atom is 0.309 e. The quantitative estimate of drug-likeness (QED) is 0.321. The van der Waals surface area contributed by atoms with E-state index in [0.717, 1.165) is 61.3 Å². The molecule has 3 N–H and O–H groups in total. The second-order valence-electron chi connectivity index (χ2n) is 10.2. The molecule has 0 unspecified atom stereocenters. The highest BCUT2D eigenvalue weighted by molar-refractivity contribution is 5.95. The SMILES string of the molecule is CCOC(=O)C1CCN(Cc2c(Oc3ccc(C(N)=O)c(O)c3)cc(-c3c(CC)cccc3CC)nc2C)CC1. The number of carbonyl (C=O) groups is 2. The van der Waals surface area contributed by atoms with E-state index in [0.29, 0.717) is 24.7 Å². The molecule has 0 atom stereocenters. The van der Waals surface area contributed by atoms with E-state index in [1.807, 2.05) is 19.9 Å². The number of primary amides is 1. The summed E-state index contributed by atoms with van der Waals surface area (Å²) in [4.78, 5) is 31.2. The van der Waals surface area contributed by atoms with Gasteiger partial charge in [-0.05, 0) is 75.9 Å². The summed E-state index contributed by atoms with van der Waals surface area (Å²) < 4.78 is 11.6. The van der Waals surface area contributed by atoms with Gasteiger partial charge in [-0.25, -0.2) is 0 Å². The number of phenols is 1. The van der Waals surface area contributed by atoms with Crippen molar-refractivity contribution in [1.29, 1.82) is 0 Å². The van der Waals surface area contributed by atoms with Crippen LogP contribution in [-0.4, -0.2) is 46.6 Å². The highest BCUT2D eigenvalue weighted by atomic mass is 16.5. The molecule has 4 rings (SSSR count). The predicted octanol–water partition coefficient (Wildman–Crippen LogP) is 5.55. The van der Waals surface area contributed by atoms with Gasteiger partial charge in [0.25, 0.3) is 5.91 Å².